The molecule has 3 aromatic rings. The molecule has 0 atom stereocenters. The Morgan fingerprint density at radius 1 is 1.19 bits per heavy atom. The number of rotatable bonds is 4. The molecular weight excluding hydrogens is 408 g/mol. The van der Waals surface area contributed by atoms with E-state index in [0.717, 1.165) is 22.3 Å². The molecular formula is C23H26N6O3. The fourth-order valence-corrected chi connectivity index (χ4v) is 3.47. The first kappa shape index (κ1) is 21.4. The highest BCUT2D eigenvalue weighted by Gasteiger charge is 2.24. The van der Waals surface area contributed by atoms with Gasteiger partial charge in [0.05, 0.1) is 5.39 Å². The van der Waals surface area contributed by atoms with Gasteiger partial charge in [0.15, 0.2) is 0 Å². The maximum atomic E-state index is 12.3. The summed E-state index contributed by atoms with van der Waals surface area (Å²) in [6.45, 7) is 6.65. The number of hydrogen-bond donors (Lipinski definition) is 3. The van der Waals surface area contributed by atoms with Crippen molar-refractivity contribution in [1.29, 1.82) is 0 Å². The summed E-state index contributed by atoms with van der Waals surface area (Å²) in [5, 5.41) is 4.11. The van der Waals surface area contributed by atoms with Crippen molar-refractivity contribution in [3.05, 3.63) is 54.0 Å². The number of aromatic amines is 1. The molecule has 166 valence electrons. The number of amides is 2. The highest BCUT2D eigenvalue weighted by atomic mass is 16.6. The van der Waals surface area contributed by atoms with Crippen LogP contribution in [0.4, 0.5) is 16.3 Å². The number of nitrogens with one attached hydrogen (secondary N) is 2. The smallest absolute Gasteiger partial charge is 0.410 e. The Hall–Kier alpha value is -3.88. The van der Waals surface area contributed by atoms with E-state index in [4.69, 9.17) is 10.5 Å². The van der Waals surface area contributed by atoms with Crippen LogP contribution in [0.15, 0.2) is 42.7 Å². The Kier molecular flexibility index (Phi) is 5.56. The summed E-state index contributed by atoms with van der Waals surface area (Å²) in [4.78, 5) is 37.3. The van der Waals surface area contributed by atoms with E-state index in [1.54, 1.807) is 29.2 Å². The van der Waals surface area contributed by atoms with Gasteiger partial charge in [-0.1, -0.05) is 6.08 Å². The molecule has 1 aliphatic rings. The van der Waals surface area contributed by atoms with Crippen LogP contribution in [0.2, 0.25) is 0 Å². The van der Waals surface area contributed by atoms with Crippen LogP contribution in [0.25, 0.3) is 16.6 Å². The van der Waals surface area contributed by atoms with Crippen LogP contribution < -0.4 is 11.1 Å². The Morgan fingerprint density at radius 2 is 1.94 bits per heavy atom. The van der Waals surface area contributed by atoms with E-state index in [1.165, 1.54) is 6.33 Å². The van der Waals surface area contributed by atoms with Gasteiger partial charge in [0.1, 0.15) is 23.4 Å². The van der Waals surface area contributed by atoms with E-state index in [-0.39, 0.29) is 6.09 Å². The van der Waals surface area contributed by atoms with Crippen LogP contribution in [0, 0.1) is 0 Å². The number of hydrogen-bond acceptors (Lipinski definition) is 6. The first-order valence-corrected chi connectivity index (χ1v) is 10.4. The summed E-state index contributed by atoms with van der Waals surface area (Å²) in [6, 6.07) is 8.88. The Morgan fingerprint density at radius 3 is 2.56 bits per heavy atom. The minimum Gasteiger partial charge on any atom is -0.444 e. The third-order valence-electron chi connectivity index (χ3n) is 5.06. The van der Waals surface area contributed by atoms with Crippen LogP contribution in [0.5, 0.6) is 0 Å². The van der Waals surface area contributed by atoms with E-state index in [0.29, 0.717) is 36.5 Å². The van der Waals surface area contributed by atoms with Crippen LogP contribution in [0.3, 0.4) is 0 Å². The lowest BCUT2D eigenvalue weighted by Crippen LogP contribution is -2.39. The van der Waals surface area contributed by atoms with E-state index in [9.17, 15) is 9.59 Å². The van der Waals surface area contributed by atoms with Crippen LogP contribution in [0.1, 0.15) is 43.2 Å². The molecule has 4 N–H and O–H groups in total. The first-order chi connectivity index (χ1) is 15.2. The molecule has 0 unspecified atom stereocenters. The highest BCUT2D eigenvalue weighted by molar-refractivity contribution is 5.94. The minimum atomic E-state index is -0.513. The van der Waals surface area contributed by atoms with Crippen LogP contribution in [-0.2, 0) is 4.74 Å². The SMILES string of the molecule is CC(C)(C)OC(=O)N1CC=C(c2cc3c(Nc4ccc(C(N)=O)cc4)ncnc3[nH]2)CC1. The average Bonchev–Trinajstić information content (AvgIpc) is 3.18. The number of fused-ring (bicyclic) bond motifs is 1. The van der Waals surface area contributed by atoms with Crippen molar-refractivity contribution in [3.8, 4) is 0 Å². The number of carbonyl (C=O) groups is 2. The molecule has 0 aliphatic carbocycles. The standard InChI is InChI=1S/C23H26N6O3/c1-23(2,3)32-22(31)29-10-8-14(9-11-29)18-12-17-20(25-13-26-21(17)28-18)27-16-6-4-15(5-7-16)19(24)30/h4-8,12-13H,9-11H2,1-3H3,(H2,24,30)(H2,25,26,27,28). The molecule has 1 aliphatic heterocycles. The molecule has 0 bridgehead atoms. The summed E-state index contributed by atoms with van der Waals surface area (Å²) in [7, 11) is 0. The van der Waals surface area contributed by atoms with E-state index >= 15 is 0 Å². The minimum absolute atomic E-state index is 0.302. The Bertz CT molecular complexity index is 1190. The number of benzene rings is 1. The third kappa shape index (κ3) is 4.72. The van der Waals surface area contributed by atoms with Gasteiger partial charge in [-0.25, -0.2) is 14.8 Å². The number of aromatic nitrogens is 3. The summed E-state index contributed by atoms with van der Waals surface area (Å²) >= 11 is 0. The second-order valence-corrected chi connectivity index (χ2v) is 8.64. The number of nitrogens with zero attached hydrogens (tertiary/aromatic N) is 3. The molecule has 0 spiro atoms. The molecule has 32 heavy (non-hydrogen) atoms. The van der Waals surface area contributed by atoms with E-state index < -0.39 is 11.5 Å². The van der Waals surface area contributed by atoms with Crippen LogP contribution >= 0.6 is 0 Å². The molecule has 0 radical (unpaired) electrons. The van der Waals surface area contributed by atoms with E-state index in [2.05, 4.69) is 20.3 Å². The molecule has 1 aromatic carbocycles. The molecule has 4 rings (SSSR count). The third-order valence-corrected chi connectivity index (χ3v) is 5.06. The molecule has 0 fully saturated rings. The number of H-pyrrole nitrogens is 1. The summed E-state index contributed by atoms with van der Waals surface area (Å²) in [5.74, 6) is 0.179. The monoisotopic (exact) mass is 434 g/mol. The molecule has 0 saturated carbocycles. The molecule has 9 heteroatoms. The van der Waals surface area contributed by atoms with E-state index in [1.807, 2.05) is 32.9 Å². The van der Waals surface area contributed by atoms with Gasteiger partial charge in [-0.15, -0.1) is 0 Å². The zero-order chi connectivity index (χ0) is 22.9. The zero-order valence-corrected chi connectivity index (χ0v) is 18.3. The lowest BCUT2D eigenvalue weighted by molar-refractivity contribution is 0.0270. The van der Waals surface area contributed by atoms with Crippen molar-refractivity contribution in [2.75, 3.05) is 18.4 Å². The van der Waals surface area contributed by atoms with Gasteiger partial charge in [0, 0.05) is 30.0 Å². The van der Waals surface area contributed by atoms with Crippen molar-refractivity contribution >= 4 is 40.1 Å². The zero-order valence-electron chi connectivity index (χ0n) is 18.3. The number of anilines is 2. The normalized spacial score (nSPS) is 14.2. The van der Waals surface area contributed by atoms with Gasteiger partial charge in [0.2, 0.25) is 5.91 Å². The van der Waals surface area contributed by atoms with Crippen molar-refractivity contribution in [1.82, 2.24) is 19.9 Å². The van der Waals surface area contributed by atoms with Gasteiger partial charge < -0.3 is 25.7 Å². The topological polar surface area (TPSA) is 126 Å². The second kappa shape index (κ2) is 8.33. The number of nitrogens with two attached hydrogens (primary N) is 1. The molecule has 2 amide bonds. The van der Waals surface area contributed by atoms with Gasteiger partial charge in [-0.2, -0.15) is 0 Å². The van der Waals surface area contributed by atoms with Gasteiger partial charge >= 0.3 is 6.09 Å². The maximum absolute atomic E-state index is 12.3. The largest absolute Gasteiger partial charge is 0.444 e. The van der Waals surface area contributed by atoms with Crippen molar-refractivity contribution in [2.24, 2.45) is 5.73 Å². The Labute approximate surface area is 185 Å². The molecule has 3 heterocycles. The number of primary amides is 1. The lowest BCUT2D eigenvalue weighted by atomic mass is 10.1. The summed E-state index contributed by atoms with van der Waals surface area (Å²) < 4.78 is 5.46. The Balaban J connectivity index is 1.52. The maximum Gasteiger partial charge on any atom is 0.410 e. The predicted molar refractivity (Wildman–Crippen MR) is 123 cm³/mol. The summed E-state index contributed by atoms with van der Waals surface area (Å²) in [5.41, 5.74) is 8.77. The van der Waals surface area contributed by atoms with Crippen molar-refractivity contribution in [2.45, 2.75) is 32.8 Å². The van der Waals surface area contributed by atoms with Gasteiger partial charge in [0.25, 0.3) is 0 Å². The first-order valence-electron chi connectivity index (χ1n) is 10.4. The predicted octanol–water partition coefficient (Wildman–Crippen LogP) is 3.82. The number of carbonyl (C=O) groups excluding carboxylic acids is 2. The quantitative estimate of drug-likeness (QED) is 0.573. The fourth-order valence-electron chi connectivity index (χ4n) is 3.47. The summed E-state index contributed by atoms with van der Waals surface area (Å²) in [6.07, 6.45) is 3.92. The lowest BCUT2D eigenvalue weighted by Gasteiger charge is -2.29. The second-order valence-electron chi connectivity index (χ2n) is 8.64. The molecule has 9 nitrogen and oxygen atoms in total. The molecule has 0 saturated heterocycles. The van der Waals surface area contributed by atoms with Gasteiger partial charge in [-0.3, -0.25) is 4.79 Å². The average molecular weight is 435 g/mol. The van der Waals surface area contributed by atoms with Crippen molar-refractivity contribution < 1.29 is 14.3 Å². The molecule has 2 aromatic heterocycles. The fraction of sp³-hybridized carbons (Fsp3) is 0.304. The van der Waals surface area contributed by atoms with Crippen LogP contribution in [-0.4, -0.2) is 50.5 Å². The van der Waals surface area contributed by atoms with Crippen molar-refractivity contribution in [3.63, 3.8) is 0 Å². The number of ether oxygens (including phenoxy) is 1. The highest BCUT2D eigenvalue weighted by Crippen LogP contribution is 2.29. The van der Waals surface area contributed by atoms with Gasteiger partial charge in [-0.05, 0) is 63.1 Å².